The normalized spacial score (nSPS) is 14.8. The number of primary amides is 1. The smallest absolute Gasteiger partial charge is 0.326 e. The van der Waals surface area contributed by atoms with Gasteiger partial charge in [0, 0.05) is 0 Å². The molecule has 9 N–H and O–H groups in total. The minimum atomic E-state index is -1.61. The molecule has 0 aliphatic heterocycles. The van der Waals surface area contributed by atoms with E-state index in [0.717, 1.165) is 0 Å². The average molecular weight is 445 g/mol. The van der Waals surface area contributed by atoms with Gasteiger partial charge in [-0.3, -0.25) is 24.0 Å². The van der Waals surface area contributed by atoms with E-state index in [2.05, 4.69) is 16.0 Å². The first-order valence-corrected chi connectivity index (χ1v) is 9.56. The lowest BCUT2D eigenvalue weighted by Gasteiger charge is -2.26. The molecule has 0 radical (unpaired) electrons. The van der Waals surface area contributed by atoms with Gasteiger partial charge in [-0.2, -0.15) is 0 Å². The number of hydrogen-bond donors (Lipinski definition) is 7. The van der Waals surface area contributed by atoms with Crippen molar-refractivity contribution in [3.63, 3.8) is 0 Å². The standard InChI is InChI=1S/C18H31N5O8/c1-7(2)13(20)16(28)21-9(6-12(25)26)15(27)23-14(8(3)4)17(29)22-10(18(30)31)5-11(19)24/h7-10,13-14H,5-6,20H2,1-4H3,(H2,19,24)(H,21,28)(H,22,29)(H,23,27)(H,25,26)(H,30,31). The summed E-state index contributed by atoms with van der Waals surface area (Å²) in [6, 6.07) is -5.40. The number of aliphatic carboxylic acids is 2. The molecule has 0 heterocycles. The molecular weight excluding hydrogens is 414 g/mol. The summed E-state index contributed by atoms with van der Waals surface area (Å²) in [5.74, 6) is -7.29. The van der Waals surface area contributed by atoms with Crippen LogP contribution in [0, 0.1) is 11.8 Å². The van der Waals surface area contributed by atoms with E-state index < -0.39 is 78.5 Å². The van der Waals surface area contributed by atoms with Gasteiger partial charge in [0.05, 0.1) is 18.9 Å². The molecule has 0 saturated carbocycles. The van der Waals surface area contributed by atoms with Crippen molar-refractivity contribution in [3.8, 4) is 0 Å². The van der Waals surface area contributed by atoms with Crippen LogP contribution in [-0.2, 0) is 28.8 Å². The Labute approximate surface area is 179 Å². The number of amides is 4. The first-order chi connectivity index (χ1) is 14.2. The summed E-state index contributed by atoms with van der Waals surface area (Å²) >= 11 is 0. The second-order valence-corrected chi connectivity index (χ2v) is 7.73. The fourth-order valence-corrected chi connectivity index (χ4v) is 2.41. The van der Waals surface area contributed by atoms with E-state index in [-0.39, 0.29) is 5.92 Å². The molecule has 4 amide bonds. The highest BCUT2D eigenvalue weighted by atomic mass is 16.4. The molecule has 0 aromatic heterocycles. The van der Waals surface area contributed by atoms with E-state index in [0.29, 0.717) is 0 Å². The maximum absolute atomic E-state index is 12.6. The molecule has 0 aliphatic rings. The zero-order valence-electron chi connectivity index (χ0n) is 17.9. The Morgan fingerprint density at radius 2 is 1.26 bits per heavy atom. The second-order valence-electron chi connectivity index (χ2n) is 7.73. The fourth-order valence-electron chi connectivity index (χ4n) is 2.41. The average Bonchev–Trinajstić information content (AvgIpc) is 2.62. The number of carboxylic acid groups (broad SMARTS) is 2. The number of nitrogens with two attached hydrogens (primary N) is 2. The van der Waals surface area contributed by atoms with Gasteiger partial charge in [-0.15, -0.1) is 0 Å². The van der Waals surface area contributed by atoms with Crippen molar-refractivity contribution >= 4 is 35.6 Å². The van der Waals surface area contributed by atoms with Crippen LogP contribution in [0.4, 0.5) is 0 Å². The maximum atomic E-state index is 12.6. The van der Waals surface area contributed by atoms with Gasteiger partial charge < -0.3 is 37.6 Å². The van der Waals surface area contributed by atoms with Gasteiger partial charge in [0.25, 0.3) is 0 Å². The summed E-state index contributed by atoms with van der Waals surface area (Å²) in [5.41, 5.74) is 10.7. The third kappa shape index (κ3) is 9.89. The number of carbonyl (C=O) groups excluding carboxylic acids is 4. The maximum Gasteiger partial charge on any atom is 0.326 e. The molecule has 31 heavy (non-hydrogen) atoms. The van der Waals surface area contributed by atoms with Crippen LogP contribution in [0.1, 0.15) is 40.5 Å². The monoisotopic (exact) mass is 445 g/mol. The highest BCUT2D eigenvalue weighted by molar-refractivity contribution is 5.96. The zero-order chi connectivity index (χ0) is 24.5. The number of nitrogens with one attached hydrogen (secondary N) is 3. The van der Waals surface area contributed by atoms with Crippen molar-refractivity contribution in [1.82, 2.24) is 16.0 Å². The number of hydrogen-bond acceptors (Lipinski definition) is 7. The van der Waals surface area contributed by atoms with Crippen molar-refractivity contribution < 1.29 is 39.0 Å². The molecule has 0 aromatic rings. The van der Waals surface area contributed by atoms with E-state index in [1.165, 1.54) is 0 Å². The topological polar surface area (TPSA) is 231 Å². The van der Waals surface area contributed by atoms with Gasteiger partial charge in [-0.05, 0) is 11.8 Å². The summed E-state index contributed by atoms with van der Waals surface area (Å²) < 4.78 is 0. The lowest BCUT2D eigenvalue weighted by Crippen LogP contribution is -2.59. The van der Waals surface area contributed by atoms with Crippen molar-refractivity contribution in [3.05, 3.63) is 0 Å². The van der Waals surface area contributed by atoms with Crippen LogP contribution in [0.15, 0.2) is 0 Å². The summed E-state index contributed by atoms with van der Waals surface area (Å²) in [6.07, 6.45) is -1.43. The molecule has 13 heteroatoms. The molecule has 0 fully saturated rings. The summed E-state index contributed by atoms with van der Waals surface area (Å²) in [6.45, 7) is 6.43. The van der Waals surface area contributed by atoms with Crippen LogP contribution in [-0.4, -0.2) is 69.9 Å². The lowest BCUT2D eigenvalue weighted by atomic mass is 10.0. The predicted octanol–water partition coefficient (Wildman–Crippen LogP) is -2.49. The molecule has 0 aromatic carbocycles. The molecule has 0 aliphatic carbocycles. The Hall–Kier alpha value is -3.22. The van der Waals surface area contributed by atoms with E-state index in [1.54, 1.807) is 27.7 Å². The van der Waals surface area contributed by atoms with E-state index >= 15 is 0 Å². The molecule has 4 unspecified atom stereocenters. The molecular formula is C18H31N5O8. The molecule has 4 atom stereocenters. The Bertz CT molecular complexity index is 709. The van der Waals surface area contributed by atoms with Crippen LogP contribution in [0.2, 0.25) is 0 Å². The van der Waals surface area contributed by atoms with Crippen molar-refractivity contribution in [1.29, 1.82) is 0 Å². The van der Waals surface area contributed by atoms with Crippen molar-refractivity contribution in [2.75, 3.05) is 0 Å². The van der Waals surface area contributed by atoms with Crippen molar-refractivity contribution in [2.24, 2.45) is 23.3 Å². The Balaban J connectivity index is 5.48. The van der Waals surface area contributed by atoms with Gasteiger partial charge >= 0.3 is 11.9 Å². The molecule has 0 bridgehead atoms. The molecule has 0 spiro atoms. The quantitative estimate of drug-likeness (QED) is 0.159. The predicted molar refractivity (Wildman–Crippen MR) is 107 cm³/mol. The molecule has 176 valence electrons. The number of carboxylic acids is 2. The zero-order valence-corrected chi connectivity index (χ0v) is 17.9. The minimum Gasteiger partial charge on any atom is -0.481 e. The first-order valence-electron chi connectivity index (χ1n) is 9.56. The minimum absolute atomic E-state index is 0.277. The van der Waals surface area contributed by atoms with E-state index in [9.17, 15) is 28.8 Å². The van der Waals surface area contributed by atoms with Gasteiger partial charge in [0.2, 0.25) is 23.6 Å². The Morgan fingerprint density at radius 1 is 0.742 bits per heavy atom. The number of carbonyl (C=O) groups is 6. The highest BCUT2D eigenvalue weighted by Crippen LogP contribution is 2.06. The SMILES string of the molecule is CC(C)C(N)C(=O)NC(CC(=O)O)C(=O)NC(C(=O)NC(CC(N)=O)C(=O)O)C(C)C. The summed E-state index contributed by atoms with van der Waals surface area (Å²) in [5, 5.41) is 24.9. The van der Waals surface area contributed by atoms with Crippen molar-refractivity contribution in [2.45, 2.75) is 64.7 Å². The largest absolute Gasteiger partial charge is 0.481 e. The van der Waals surface area contributed by atoms with E-state index in [1.807, 2.05) is 0 Å². The van der Waals surface area contributed by atoms with Crippen LogP contribution >= 0.6 is 0 Å². The molecule has 0 saturated heterocycles. The second kappa shape index (κ2) is 12.5. The Morgan fingerprint density at radius 3 is 1.65 bits per heavy atom. The van der Waals surface area contributed by atoms with Crippen LogP contribution in [0.25, 0.3) is 0 Å². The fraction of sp³-hybridized carbons (Fsp3) is 0.667. The van der Waals surface area contributed by atoms with Gasteiger partial charge in [0.15, 0.2) is 0 Å². The lowest BCUT2D eigenvalue weighted by molar-refractivity contribution is -0.144. The number of rotatable bonds is 13. The molecule has 13 nitrogen and oxygen atoms in total. The summed E-state index contributed by atoms with van der Waals surface area (Å²) in [4.78, 5) is 70.7. The Kier molecular flexibility index (Phi) is 11.2. The van der Waals surface area contributed by atoms with Gasteiger partial charge in [-0.25, -0.2) is 4.79 Å². The summed E-state index contributed by atoms with van der Waals surface area (Å²) in [7, 11) is 0. The third-order valence-electron chi connectivity index (χ3n) is 4.30. The van der Waals surface area contributed by atoms with Gasteiger partial charge in [0.1, 0.15) is 18.1 Å². The van der Waals surface area contributed by atoms with Gasteiger partial charge in [-0.1, -0.05) is 27.7 Å². The van der Waals surface area contributed by atoms with Crippen LogP contribution < -0.4 is 27.4 Å². The van der Waals surface area contributed by atoms with Crippen LogP contribution in [0.5, 0.6) is 0 Å². The molecule has 0 rings (SSSR count). The van der Waals surface area contributed by atoms with Crippen LogP contribution in [0.3, 0.4) is 0 Å². The van der Waals surface area contributed by atoms with E-state index in [4.69, 9.17) is 21.7 Å². The third-order valence-corrected chi connectivity index (χ3v) is 4.30. The first kappa shape index (κ1) is 27.8. The highest BCUT2D eigenvalue weighted by Gasteiger charge is 2.33.